The van der Waals surface area contributed by atoms with Gasteiger partial charge < -0.3 is 11.1 Å². The number of nitriles is 1. The van der Waals surface area contributed by atoms with Gasteiger partial charge in [0.2, 0.25) is 0 Å². The van der Waals surface area contributed by atoms with Gasteiger partial charge in [-0.25, -0.2) is 0 Å². The van der Waals surface area contributed by atoms with Gasteiger partial charge >= 0.3 is 0 Å². The van der Waals surface area contributed by atoms with Crippen molar-refractivity contribution >= 4 is 11.4 Å². The molecule has 2 rings (SSSR count). The van der Waals surface area contributed by atoms with Gasteiger partial charge in [0.05, 0.1) is 16.9 Å². The van der Waals surface area contributed by atoms with Crippen LogP contribution in [0.4, 0.5) is 11.4 Å². The van der Waals surface area contributed by atoms with Crippen molar-refractivity contribution in [2.24, 2.45) is 7.05 Å². The Balaban J connectivity index is 2.09. The van der Waals surface area contributed by atoms with Crippen LogP contribution < -0.4 is 11.1 Å². The average Bonchev–Trinajstić information content (AvgIpc) is 2.65. The number of nitrogens with zero attached hydrogens (tertiary/aromatic N) is 3. The molecular weight excluding hydrogens is 226 g/mol. The number of anilines is 2. The van der Waals surface area contributed by atoms with E-state index < -0.39 is 0 Å². The lowest BCUT2D eigenvalue weighted by Crippen LogP contribution is -2.01. The maximum absolute atomic E-state index is 8.79. The van der Waals surface area contributed by atoms with Crippen molar-refractivity contribution in [1.29, 1.82) is 5.26 Å². The Morgan fingerprint density at radius 2 is 2.28 bits per heavy atom. The van der Waals surface area contributed by atoms with Gasteiger partial charge in [-0.15, -0.1) is 0 Å². The highest BCUT2D eigenvalue weighted by Crippen LogP contribution is 2.18. The second-order valence-corrected chi connectivity index (χ2v) is 4.18. The number of hydrogen-bond acceptors (Lipinski definition) is 4. The zero-order valence-corrected chi connectivity index (χ0v) is 10.4. The fraction of sp³-hybridized carbons (Fsp3) is 0.231. The average molecular weight is 241 g/mol. The highest BCUT2D eigenvalue weighted by atomic mass is 15.2. The minimum Gasteiger partial charge on any atom is -0.398 e. The van der Waals surface area contributed by atoms with Crippen LogP contribution in [0.2, 0.25) is 0 Å². The van der Waals surface area contributed by atoms with Gasteiger partial charge in [-0.3, -0.25) is 4.68 Å². The van der Waals surface area contributed by atoms with Crippen molar-refractivity contribution in [2.75, 3.05) is 11.1 Å². The van der Waals surface area contributed by atoms with E-state index in [0.717, 1.165) is 16.9 Å². The Labute approximate surface area is 106 Å². The molecule has 0 saturated carbocycles. The minimum absolute atomic E-state index is 0.491. The molecule has 1 aromatic heterocycles. The second kappa shape index (κ2) is 4.80. The van der Waals surface area contributed by atoms with E-state index in [0.29, 0.717) is 17.8 Å². The van der Waals surface area contributed by atoms with Crippen molar-refractivity contribution in [1.82, 2.24) is 9.78 Å². The van der Waals surface area contributed by atoms with Crippen LogP contribution in [0.1, 0.15) is 16.8 Å². The van der Waals surface area contributed by atoms with Crippen LogP contribution >= 0.6 is 0 Å². The van der Waals surface area contributed by atoms with Crippen molar-refractivity contribution in [3.8, 4) is 6.07 Å². The van der Waals surface area contributed by atoms with Gasteiger partial charge in [0.25, 0.3) is 0 Å². The molecule has 0 bridgehead atoms. The molecule has 92 valence electrons. The molecular formula is C13H15N5. The third-order valence-corrected chi connectivity index (χ3v) is 2.77. The van der Waals surface area contributed by atoms with Crippen molar-refractivity contribution in [3.05, 3.63) is 41.2 Å². The van der Waals surface area contributed by atoms with Crippen molar-refractivity contribution in [3.63, 3.8) is 0 Å². The number of nitrogen functional groups attached to an aromatic ring is 1. The Morgan fingerprint density at radius 1 is 1.50 bits per heavy atom. The summed E-state index contributed by atoms with van der Waals surface area (Å²) in [5.74, 6) is 0. The number of nitrogens with one attached hydrogen (secondary N) is 1. The quantitative estimate of drug-likeness (QED) is 0.803. The Hall–Kier alpha value is -2.48. The molecule has 0 spiro atoms. The first-order chi connectivity index (χ1) is 8.60. The van der Waals surface area contributed by atoms with E-state index in [2.05, 4.69) is 10.4 Å². The lowest BCUT2D eigenvalue weighted by molar-refractivity contribution is 0.756. The number of benzene rings is 1. The van der Waals surface area contributed by atoms with Gasteiger partial charge in [-0.05, 0) is 25.1 Å². The van der Waals surface area contributed by atoms with Gasteiger partial charge in [-0.2, -0.15) is 10.4 Å². The maximum atomic E-state index is 8.79. The molecule has 1 heterocycles. The zero-order valence-electron chi connectivity index (χ0n) is 10.4. The fourth-order valence-electron chi connectivity index (χ4n) is 1.79. The van der Waals surface area contributed by atoms with Gasteiger partial charge in [0, 0.05) is 31.0 Å². The molecule has 0 aliphatic carbocycles. The Kier molecular flexibility index (Phi) is 3.20. The monoisotopic (exact) mass is 241 g/mol. The van der Waals surface area contributed by atoms with E-state index in [4.69, 9.17) is 11.0 Å². The largest absolute Gasteiger partial charge is 0.398 e. The molecule has 0 saturated heterocycles. The van der Waals surface area contributed by atoms with Crippen molar-refractivity contribution in [2.45, 2.75) is 13.5 Å². The second-order valence-electron chi connectivity index (χ2n) is 4.18. The predicted molar refractivity (Wildman–Crippen MR) is 70.8 cm³/mol. The summed E-state index contributed by atoms with van der Waals surface area (Å²) in [4.78, 5) is 0. The van der Waals surface area contributed by atoms with E-state index in [9.17, 15) is 0 Å². The summed E-state index contributed by atoms with van der Waals surface area (Å²) in [5, 5.41) is 16.3. The van der Waals surface area contributed by atoms with E-state index in [-0.39, 0.29) is 0 Å². The number of aromatic nitrogens is 2. The SMILES string of the molecule is Cc1nn(C)cc1CNc1ccc(C#N)c(N)c1. The molecule has 1 aromatic carbocycles. The Bertz CT molecular complexity index is 606. The molecule has 0 radical (unpaired) electrons. The molecule has 0 aliphatic heterocycles. The first-order valence-corrected chi connectivity index (χ1v) is 5.63. The lowest BCUT2D eigenvalue weighted by atomic mass is 10.1. The summed E-state index contributed by atoms with van der Waals surface area (Å²) >= 11 is 0. The number of nitrogens with two attached hydrogens (primary N) is 1. The molecule has 3 N–H and O–H groups in total. The molecule has 0 fully saturated rings. The first-order valence-electron chi connectivity index (χ1n) is 5.63. The molecule has 2 aromatic rings. The van der Waals surface area contributed by atoms with Gasteiger partial charge in [-0.1, -0.05) is 0 Å². The highest BCUT2D eigenvalue weighted by molar-refractivity contribution is 5.62. The number of aryl methyl sites for hydroxylation is 2. The molecule has 5 heteroatoms. The van der Waals surface area contributed by atoms with Crippen LogP contribution in [0.15, 0.2) is 24.4 Å². The third-order valence-electron chi connectivity index (χ3n) is 2.77. The smallest absolute Gasteiger partial charge is 0.101 e. The first kappa shape index (κ1) is 12.0. The summed E-state index contributed by atoms with van der Waals surface area (Å²) in [6, 6.07) is 7.37. The number of hydrogen-bond donors (Lipinski definition) is 2. The normalized spacial score (nSPS) is 10.1. The summed E-state index contributed by atoms with van der Waals surface area (Å²) < 4.78 is 1.79. The van der Waals surface area contributed by atoms with Crippen LogP contribution in [0.25, 0.3) is 0 Å². The summed E-state index contributed by atoms with van der Waals surface area (Å²) in [5.41, 5.74) is 9.79. The zero-order chi connectivity index (χ0) is 13.1. The van der Waals surface area contributed by atoms with E-state index in [1.54, 1.807) is 16.8 Å². The van der Waals surface area contributed by atoms with Gasteiger partial charge in [0.1, 0.15) is 6.07 Å². The van der Waals surface area contributed by atoms with E-state index >= 15 is 0 Å². The molecule has 5 nitrogen and oxygen atoms in total. The van der Waals surface area contributed by atoms with Crippen molar-refractivity contribution < 1.29 is 0 Å². The number of rotatable bonds is 3. The molecule has 18 heavy (non-hydrogen) atoms. The van der Waals surface area contributed by atoms with E-state index in [1.165, 1.54) is 0 Å². The predicted octanol–water partition coefficient (Wildman–Crippen LogP) is 1.79. The topological polar surface area (TPSA) is 79.7 Å². The van der Waals surface area contributed by atoms with Crippen LogP contribution in [-0.4, -0.2) is 9.78 Å². The van der Waals surface area contributed by atoms with Crippen LogP contribution in [0.3, 0.4) is 0 Å². The van der Waals surface area contributed by atoms with Crippen LogP contribution in [0, 0.1) is 18.3 Å². The molecule has 0 amide bonds. The highest BCUT2D eigenvalue weighted by Gasteiger charge is 2.04. The third kappa shape index (κ3) is 2.43. The Morgan fingerprint density at radius 3 is 2.83 bits per heavy atom. The van der Waals surface area contributed by atoms with Crippen LogP contribution in [0.5, 0.6) is 0 Å². The standard InChI is InChI=1S/C13H15N5/c1-9-11(8-18(2)17-9)7-16-12-4-3-10(6-14)13(15)5-12/h3-5,8,16H,7,15H2,1-2H3. The molecule has 0 atom stereocenters. The maximum Gasteiger partial charge on any atom is 0.101 e. The summed E-state index contributed by atoms with van der Waals surface area (Å²) in [6.45, 7) is 2.66. The fourth-order valence-corrected chi connectivity index (χ4v) is 1.79. The lowest BCUT2D eigenvalue weighted by Gasteiger charge is -2.07. The minimum atomic E-state index is 0.491. The van der Waals surface area contributed by atoms with E-state index in [1.807, 2.05) is 32.3 Å². The molecule has 0 unspecified atom stereocenters. The summed E-state index contributed by atoms with van der Waals surface area (Å²) in [6.07, 6.45) is 1.98. The van der Waals surface area contributed by atoms with Crippen LogP contribution in [-0.2, 0) is 13.6 Å². The summed E-state index contributed by atoms with van der Waals surface area (Å²) in [7, 11) is 1.90. The molecule has 0 aliphatic rings. The van der Waals surface area contributed by atoms with Gasteiger partial charge in [0.15, 0.2) is 0 Å².